The molecule has 1 aromatic carbocycles. The molecule has 0 aliphatic carbocycles. The molecule has 2 rings (SSSR count). The molecule has 0 bridgehead atoms. The second kappa shape index (κ2) is 3.90. The van der Waals surface area contributed by atoms with Crippen LogP contribution in [-0.2, 0) is 9.53 Å². The van der Waals surface area contributed by atoms with Gasteiger partial charge in [-0.2, -0.15) is 0 Å². The first-order valence-corrected chi connectivity index (χ1v) is 4.87. The lowest BCUT2D eigenvalue weighted by molar-refractivity contribution is -0.133. The SMILES string of the molecule is CC(=O)N1CCOC1c1ccccc1O. The molecule has 0 saturated carbocycles. The van der Waals surface area contributed by atoms with Gasteiger partial charge in [-0.3, -0.25) is 4.79 Å². The Morgan fingerprint density at radius 2 is 2.27 bits per heavy atom. The van der Waals surface area contributed by atoms with Gasteiger partial charge in [-0.25, -0.2) is 0 Å². The molecular formula is C11H13NO3. The van der Waals surface area contributed by atoms with Crippen molar-refractivity contribution < 1.29 is 14.6 Å². The first-order valence-electron chi connectivity index (χ1n) is 4.87. The number of amides is 1. The number of carbonyl (C=O) groups is 1. The molecular weight excluding hydrogens is 194 g/mol. The highest BCUT2D eigenvalue weighted by Crippen LogP contribution is 2.32. The molecule has 15 heavy (non-hydrogen) atoms. The average Bonchev–Trinajstić information content (AvgIpc) is 2.67. The van der Waals surface area contributed by atoms with E-state index in [2.05, 4.69) is 0 Å². The van der Waals surface area contributed by atoms with E-state index in [4.69, 9.17) is 4.74 Å². The molecule has 0 radical (unpaired) electrons. The Morgan fingerprint density at radius 3 is 2.93 bits per heavy atom. The quantitative estimate of drug-likeness (QED) is 0.754. The molecule has 80 valence electrons. The summed E-state index contributed by atoms with van der Waals surface area (Å²) in [5.41, 5.74) is 0.644. The molecule has 1 unspecified atom stereocenters. The largest absolute Gasteiger partial charge is 0.507 e. The molecule has 1 amide bonds. The number of aromatic hydroxyl groups is 1. The summed E-state index contributed by atoms with van der Waals surface area (Å²) in [7, 11) is 0. The van der Waals surface area contributed by atoms with Gasteiger partial charge in [0.05, 0.1) is 6.61 Å². The molecule has 1 heterocycles. The van der Waals surface area contributed by atoms with Crippen LogP contribution >= 0.6 is 0 Å². The highest BCUT2D eigenvalue weighted by Gasteiger charge is 2.30. The Morgan fingerprint density at radius 1 is 1.53 bits per heavy atom. The summed E-state index contributed by atoms with van der Waals surface area (Å²) in [6, 6.07) is 6.91. The van der Waals surface area contributed by atoms with Gasteiger partial charge in [-0.15, -0.1) is 0 Å². The van der Waals surface area contributed by atoms with Crippen LogP contribution in [0.4, 0.5) is 0 Å². The van der Waals surface area contributed by atoms with Crippen molar-refractivity contribution in [3.63, 3.8) is 0 Å². The lowest BCUT2D eigenvalue weighted by Crippen LogP contribution is -2.28. The fourth-order valence-electron chi connectivity index (χ4n) is 1.75. The Labute approximate surface area is 88.1 Å². The molecule has 1 aliphatic rings. The monoisotopic (exact) mass is 207 g/mol. The Bertz CT molecular complexity index is 378. The number of para-hydroxylation sites is 1. The van der Waals surface area contributed by atoms with E-state index in [0.29, 0.717) is 18.7 Å². The zero-order valence-electron chi connectivity index (χ0n) is 8.51. The summed E-state index contributed by atoms with van der Waals surface area (Å²) in [6.45, 7) is 2.59. The lowest BCUT2D eigenvalue weighted by Gasteiger charge is -2.22. The molecule has 4 heteroatoms. The minimum atomic E-state index is -0.441. The normalized spacial score (nSPS) is 20.6. The van der Waals surface area contributed by atoms with E-state index in [-0.39, 0.29) is 11.7 Å². The van der Waals surface area contributed by atoms with E-state index in [1.807, 2.05) is 6.07 Å². The molecule has 1 N–H and O–H groups in total. The Kier molecular flexibility index (Phi) is 2.60. The van der Waals surface area contributed by atoms with Gasteiger partial charge < -0.3 is 14.7 Å². The number of hydrogen-bond acceptors (Lipinski definition) is 3. The number of ether oxygens (including phenoxy) is 1. The number of hydrogen-bond donors (Lipinski definition) is 1. The second-order valence-corrected chi connectivity index (χ2v) is 3.49. The van der Waals surface area contributed by atoms with Gasteiger partial charge in [-0.1, -0.05) is 18.2 Å². The Balaban J connectivity index is 2.30. The van der Waals surface area contributed by atoms with Crippen LogP contribution < -0.4 is 0 Å². The highest BCUT2D eigenvalue weighted by atomic mass is 16.5. The van der Waals surface area contributed by atoms with Gasteiger partial charge in [-0.05, 0) is 6.07 Å². The van der Waals surface area contributed by atoms with E-state index in [0.717, 1.165) is 0 Å². The average molecular weight is 207 g/mol. The van der Waals surface area contributed by atoms with Crippen molar-refractivity contribution >= 4 is 5.91 Å². The number of nitrogens with zero attached hydrogens (tertiary/aromatic N) is 1. The molecule has 1 aromatic rings. The van der Waals surface area contributed by atoms with Crippen molar-refractivity contribution in [1.82, 2.24) is 4.90 Å². The zero-order chi connectivity index (χ0) is 10.8. The fourth-order valence-corrected chi connectivity index (χ4v) is 1.75. The molecule has 0 aromatic heterocycles. The topological polar surface area (TPSA) is 49.8 Å². The standard InChI is InChI=1S/C11H13NO3/c1-8(13)12-6-7-15-11(12)9-4-2-3-5-10(9)14/h2-5,11,14H,6-7H2,1H3. The maximum Gasteiger partial charge on any atom is 0.221 e. The minimum Gasteiger partial charge on any atom is -0.507 e. The molecule has 1 saturated heterocycles. The summed E-state index contributed by atoms with van der Waals surface area (Å²) < 4.78 is 5.44. The molecule has 0 spiro atoms. The van der Waals surface area contributed by atoms with Crippen molar-refractivity contribution in [3.05, 3.63) is 29.8 Å². The van der Waals surface area contributed by atoms with Crippen LogP contribution in [0.25, 0.3) is 0 Å². The van der Waals surface area contributed by atoms with Crippen LogP contribution in [0.3, 0.4) is 0 Å². The van der Waals surface area contributed by atoms with Crippen LogP contribution in [0.2, 0.25) is 0 Å². The van der Waals surface area contributed by atoms with E-state index in [1.54, 1.807) is 23.1 Å². The van der Waals surface area contributed by atoms with E-state index < -0.39 is 6.23 Å². The van der Waals surface area contributed by atoms with Crippen molar-refractivity contribution in [2.45, 2.75) is 13.2 Å². The molecule has 1 atom stereocenters. The van der Waals surface area contributed by atoms with Gasteiger partial charge in [0.2, 0.25) is 5.91 Å². The third-order valence-corrected chi connectivity index (χ3v) is 2.50. The van der Waals surface area contributed by atoms with E-state index in [9.17, 15) is 9.90 Å². The summed E-state index contributed by atoms with van der Waals surface area (Å²) in [5, 5.41) is 9.65. The fraction of sp³-hybridized carbons (Fsp3) is 0.364. The number of phenols is 1. The molecule has 4 nitrogen and oxygen atoms in total. The minimum absolute atomic E-state index is 0.0410. The summed E-state index contributed by atoms with van der Waals surface area (Å²) in [4.78, 5) is 12.9. The first-order chi connectivity index (χ1) is 7.20. The van der Waals surface area contributed by atoms with Gasteiger partial charge in [0.25, 0.3) is 0 Å². The van der Waals surface area contributed by atoms with Crippen molar-refractivity contribution in [3.8, 4) is 5.75 Å². The lowest BCUT2D eigenvalue weighted by atomic mass is 10.1. The molecule has 1 aliphatic heterocycles. The third-order valence-electron chi connectivity index (χ3n) is 2.50. The van der Waals surface area contributed by atoms with Gasteiger partial charge in [0.15, 0.2) is 6.23 Å². The maximum absolute atomic E-state index is 11.3. The molecule has 1 fully saturated rings. The number of rotatable bonds is 1. The summed E-state index contributed by atoms with van der Waals surface area (Å²) in [5.74, 6) is 0.122. The smallest absolute Gasteiger partial charge is 0.221 e. The van der Waals surface area contributed by atoms with Crippen LogP contribution in [0, 0.1) is 0 Å². The van der Waals surface area contributed by atoms with Gasteiger partial charge >= 0.3 is 0 Å². The van der Waals surface area contributed by atoms with Crippen LogP contribution in [0.15, 0.2) is 24.3 Å². The second-order valence-electron chi connectivity index (χ2n) is 3.49. The predicted molar refractivity (Wildman–Crippen MR) is 54.2 cm³/mol. The van der Waals surface area contributed by atoms with Crippen molar-refractivity contribution in [1.29, 1.82) is 0 Å². The van der Waals surface area contributed by atoms with Crippen LogP contribution in [0.1, 0.15) is 18.7 Å². The maximum atomic E-state index is 11.3. The number of carbonyl (C=O) groups excluding carboxylic acids is 1. The Hall–Kier alpha value is -1.55. The van der Waals surface area contributed by atoms with E-state index >= 15 is 0 Å². The van der Waals surface area contributed by atoms with Gasteiger partial charge in [0.1, 0.15) is 5.75 Å². The summed E-state index contributed by atoms with van der Waals surface area (Å²) >= 11 is 0. The van der Waals surface area contributed by atoms with Gasteiger partial charge in [0, 0.05) is 19.0 Å². The van der Waals surface area contributed by atoms with Crippen molar-refractivity contribution in [2.24, 2.45) is 0 Å². The third kappa shape index (κ3) is 1.80. The van der Waals surface area contributed by atoms with Crippen molar-refractivity contribution in [2.75, 3.05) is 13.2 Å². The number of phenolic OH excluding ortho intramolecular Hbond substituents is 1. The first kappa shape index (κ1) is 9.98. The zero-order valence-corrected chi connectivity index (χ0v) is 8.51. The highest BCUT2D eigenvalue weighted by molar-refractivity contribution is 5.74. The summed E-state index contributed by atoms with van der Waals surface area (Å²) in [6.07, 6.45) is -0.441. The van der Waals surface area contributed by atoms with Crippen LogP contribution in [-0.4, -0.2) is 29.1 Å². The predicted octanol–water partition coefficient (Wildman–Crippen LogP) is 1.27. The van der Waals surface area contributed by atoms with Crippen LogP contribution in [0.5, 0.6) is 5.75 Å². The van der Waals surface area contributed by atoms with E-state index in [1.165, 1.54) is 6.92 Å². The number of benzene rings is 1.